The number of methoxy groups -OCH3 is 1. The molecule has 106 valence electrons. The van der Waals surface area contributed by atoms with E-state index in [0.717, 1.165) is 12.0 Å². The second-order valence-corrected chi connectivity index (χ2v) is 4.38. The van der Waals surface area contributed by atoms with Crippen molar-refractivity contribution >= 4 is 17.5 Å². The van der Waals surface area contributed by atoms with Crippen LogP contribution >= 0.6 is 11.6 Å². The standard InChI is InChI=1S/C13H19ClN2O3/c1-18-6-2-5-16-13(17)9-19-12-4-3-11(14)7-10(12)8-15/h3-4,7H,2,5-6,8-9,15H2,1H3,(H,16,17). The Morgan fingerprint density at radius 1 is 1.47 bits per heavy atom. The van der Waals surface area contributed by atoms with Crippen LogP contribution in [-0.2, 0) is 16.1 Å². The number of nitrogens with two attached hydrogens (primary N) is 1. The first-order valence-corrected chi connectivity index (χ1v) is 6.42. The Morgan fingerprint density at radius 3 is 2.95 bits per heavy atom. The molecular formula is C13H19ClN2O3. The van der Waals surface area contributed by atoms with Gasteiger partial charge in [-0.2, -0.15) is 0 Å². The van der Waals surface area contributed by atoms with Crippen LogP contribution in [0.2, 0.25) is 5.02 Å². The summed E-state index contributed by atoms with van der Waals surface area (Å²) in [6.07, 6.45) is 0.775. The molecule has 1 aromatic carbocycles. The summed E-state index contributed by atoms with van der Waals surface area (Å²) in [5.74, 6) is 0.410. The molecule has 0 saturated carbocycles. The first kappa shape index (κ1) is 15.8. The third kappa shape index (κ3) is 5.92. The Labute approximate surface area is 118 Å². The molecule has 0 radical (unpaired) electrons. The van der Waals surface area contributed by atoms with Gasteiger partial charge in [0.05, 0.1) is 0 Å². The van der Waals surface area contributed by atoms with E-state index in [1.807, 2.05) is 0 Å². The summed E-state index contributed by atoms with van der Waals surface area (Å²) >= 11 is 5.85. The summed E-state index contributed by atoms with van der Waals surface area (Å²) in [5.41, 5.74) is 6.36. The molecule has 1 aromatic rings. The molecule has 0 fully saturated rings. The molecule has 0 heterocycles. The summed E-state index contributed by atoms with van der Waals surface area (Å²) in [5, 5.41) is 3.33. The van der Waals surface area contributed by atoms with Gasteiger partial charge < -0.3 is 20.5 Å². The number of hydrogen-bond donors (Lipinski definition) is 2. The maximum atomic E-state index is 11.5. The molecule has 3 N–H and O–H groups in total. The zero-order valence-electron chi connectivity index (χ0n) is 10.9. The highest BCUT2D eigenvalue weighted by molar-refractivity contribution is 6.30. The molecule has 0 aliphatic carbocycles. The maximum Gasteiger partial charge on any atom is 0.257 e. The van der Waals surface area contributed by atoms with Crippen molar-refractivity contribution < 1.29 is 14.3 Å². The molecular weight excluding hydrogens is 268 g/mol. The monoisotopic (exact) mass is 286 g/mol. The van der Waals surface area contributed by atoms with E-state index in [1.54, 1.807) is 25.3 Å². The number of nitrogens with one attached hydrogen (secondary N) is 1. The predicted octanol–water partition coefficient (Wildman–Crippen LogP) is 1.33. The quantitative estimate of drug-likeness (QED) is 0.707. The normalized spacial score (nSPS) is 10.3. The molecule has 0 bridgehead atoms. The number of benzene rings is 1. The van der Waals surface area contributed by atoms with Gasteiger partial charge in [-0.3, -0.25) is 4.79 Å². The van der Waals surface area contributed by atoms with Gasteiger partial charge in [0.2, 0.25) is 0 Å². The summed E-state index contributed by atoms with van der Waals surface area (Å²) in [4.78, 5) is 11.5. The number of ether oxygens (including phenoxy) is 2. The summed E-state index contributed by atoms with van der Waals surface area (Å²) < 4.78 is 10.3. The highest BCUT2D eigenvalue weighted by Gasteiger charge is 2.06. The Bertz CT molecular complexity index is 413. The average molecular weight is 287 g/mol. The first-order valence-electron chi connectivity index (χ1n) is 6.04. The fraction of sp³-hybridized carbons (Fsp3) is 0.462. The van der Waals surface area contributed by atoms with Crippen LogP contribution in [0.15, 0.2) is 18.2 Å². The predicted molar refractivity (Wildman–Crippen MR) is 74.3 cm³/mol. The first-order chi connectivity index (χ1) is 9.17. The van der Waals surface area contributed by atoms with E-state index in [2.05, 4.69) is 5.32 Å². The van der Waals surface area contributed by atoms with Crippen molar-refractivity contribution in [1.82, 2.24) is 5.32 Å². The largest absolute Gasteiger partial charge is 0.483 e. The van der Waals surface area contributed by atoms with Crippen LogP contribution in [0.1, 0.15) is 12.0 Å². The Balaban J connectivity index is 2.37. The number of halogens is 1. The smallest absolute Gasteiger partial charge is 0.257 e. The van der Waals surface area contributed by atoms with Gasteiger partial charge in [-0.15, -0.1) is 0 Å². The van der Waals surface area contributed by atoms with Crippen molar-refractivity contribution in [3.05, 3.63) is 28.8 Å². The molecule has 5 nitrogen and oxygen atoms in total. The third-order valence-corrected chi connectivity index (χ3v) is 2.68. The van der Waals surface area contributed by atoms with Gasteiger partial charge in [0, 0.05) is 37.4 Å². The average Bonchev–Trinajstić information content (AvgIpc) is 2.42. The van der Waals surface area contributed by atoms with Gasteiger partial charge in [-0.1, -0.05) is 11.6 Å². The third-order valence-electron chi connectivity index (χ3n) is 2.45. The lowest BCUT2D eigenvalue weighted by molar-refractivity contribution is -0.123. The molecule has 1 amide bonds. The van der Waals surface area contributed by atoms with Gasteiger partial charge in [-0.05, 0) is 24.6 Å². The van der Waals surface area contributed by atoms with E-state index in [4.69, 9.17) is 26.8 Å². The van der Waals surface area contributed by atoms with Crippen molar-refractivity contribution in [2.24, 2.45) is 5.73 Å². The van der Waals surface area contributed by atoms with Crippen molar-refractivity contribution in [3.8, 4) is 5.75 Å². The molecule has 0 atom stereocenters. The SMILES string of the molecule is COCCCNC(=O)COc1ccc(Cl)cc1CN. The van der Waals surface area contributed by atoms with Gasteiger partial charge in [0.15, 0.2) is 6.61 Å². The van der Waals surface area contributed by atoms with Crippen LogP contribution in [0.3, 0.4) is 0 Å². The maximum absolute atomic E-state index is 11.5. The minimum absolute atomic E-state index is 0.0401. The minimum atomic E-state index is -0.172. The van der Waals surface area contributed by atoms with E-state index >= 15 is 0 Å². The van der Waals surface area contributed by atoms with Crippen LogP contribution in [0.25, 0.3) is 0 Å². The zero-order chi connectivity index (χ0) is 14.1. The number of rotatable bonds is 8. The topological polar surface area (TPSA) is 73.6 Å². The molecule has 0 aromatic heterocycles. The van der Waals surface area contributed by atoms with Gasteiger partial charge >= 0.3 is 0 Å². The fourth-order valence-corrected chi connectivity index (χ4v) is 1.68. The van der Waals surface area contributed by atoms with Crippen LogP contribution in [0.5, 0.6) is 5.75 Å². The number of carbonyl (C=O) groups excluding carboxylic acids is 1. The van der Waals surface area contributed by atoms with Crippen LogP contribution in [0.4, 0.5) is 0 Å². The highest BCUT2D eigenvalue weighted by atomic mass is 35.5. The fourth-order valence-electron chi connectivity index (χ4n) is 1.49. The van der Waals surface area contributed by atoms with Crippen LogP contribution in [0, 0.1) is 0 Å². The van der Waals surface area contributed by atoms with E-state index in [-0.39, 0.29) is 12.5 Å². The molecule has 19 heavy (non-hydrogen) atoms. The van der Waals surface area contributed by atoms with E-state index < -0.39 is 0 Å². The lowest BCUT2D eigenvalue weighted by atomic mass is 10.2. The number of carbonyl (C=O) groups is 1. The Morgan fingerprint density at radius 2 is 2.26 bits per heavy atom. The van der Waals surface area contributed by atoms with Crippen molar-refractivity contribution in [2.45, 2.75) is 13.0 Å². The molecule has 6 heteroatoms. The molecule has 1 rings (SSSR count). The molecule has 0 aliphatic rings. The lowest BCUT2D eigenvalue weighted by Gasteiger charge is -2.11. The molecule has 0 spiro atoms. The molecule has 0 unspecified atom stereocenters. The van der Waals surface area contributed by atoms with Crippen LogP contribution < -0.4 is 15.8 Å². The van der Waals surface area contributed by atoms with E-state index in [0.29, 0.717) is 30.5 Å². The highest BCUT2D eigenvalue weighted by Crippen LogP contribution is 2.22. The number of hydrogen-bond acceptors (Lipinski definition) is 4. The van der Waals surface area contributed by atoms with Crippen LogP contribution in [-0.4, -0.2) is 32.8 Å². The lowest BCUT2D eigenvalue weighted by Crippen LogP contribution is -2.30. The molecule has 0 aliphatic heterocycles. The second kappa shape index (κ2) is 8.74. The van der Waals surface area contributed by atoms with E-state index in [1.165, 1.54) is 0 Å². The zero-order valence-corrected chi connectivity index (χ0v) is 11.7. The Kier molecular flexibility index (Phi) is 7.25. The van der Waals surface area contributed by atoms with Gasteiger partial charge in [-0.25, -0.2) is 0 Å². The Hall–Kier alpha value is -1.30. The summed E-state index contributed by atoms with van der Waals surface area (Å²) in [6, 6.07) is 5.14. The molecule has 0 saturated heterocycles. The minimum Gasteiger partial charge on any atom is -0.483 e. The van der Waals surface area contributed by atoms with E-state index in [9.17, 15) is 4.79 Å². The van der Waals surface area contributed by atoms with Gasteiger partial charge in [0.1, 0.15) is 5.75 Å². The van der Waals surface area contributed by atoms with Crippen molar-refractivity contribution in [3.63, 3.8) is 0 Å². The van der Waals surface area contributed by atoms with Crippen molar-refractivity contribution in [2.75, 3.05) is 26.9 Å². The summed E-state index contributed by atoms with van der Waals surface area (Å²) in [6.45, 7) is 1.46. The summed E-state index contributed by atoms with van der Waals surface area (Å²) in [7, 11) is 1.62. The van der Waals surface area contributed by atoms with Crippen molar-refractivity contribution in [1.29, 1.82) is 0 Å². The van der Waals surface area contributed by atoms with Gasteiger partial charge in [0.25, 0.3) is 5.91 Å². The second-order valence-electron chi connectivity index (χ2n) is 3.94. The number of amides is 1.